The lowest BCUT2D eigenvalue weighted by molar-refractivity contribution is 2.31. The fourth-order valence-electron chi connectivity index (χ4n) is 3.40. The van der Waals surface area contributed by atoms with E-state index in [2.05, 4.69) is 665 Å². The molecule has 0 bridgehead atoms. The van der Waals surface area contributed by atoms with E-state index in [9.17, 15) is 0 Å². The van der Waals surface area contributed by atoms with Crippen LogP contribution in [0.4, 0.5) is 0 Å². The van der Waals surface area contributed by atoms with E-state index < -0.39 is 0 Å². The molecule has 0 aromatic rings. The van der Waals surface area contributed by atoms with Crippen molar-refractivity contribution in [3.63, 3.8) is 0 Å². The molecule has 0 aliphatic carbocycles. The minimum Gasteiger partial charge on any atom is -0.284 e. The topological polar surface area (TPSA) is 0 Å². The zero-order chi connectivity index (χ0) is 79.8. The maximum absolute atomic E-state index is 3.32. The Morgan fingerprint density at radius 1 is 0.0446 bits per heavy atom. The van der Waals surface area contributed by atoms with Crippen LogP contribution in [0.1, 0.15) is 0 Å². The fourth-order valence-corrected chi connectivity index (χ4v) is 3.40. The molecule has 0 heterocycles. The summed E-state index contributed by atoms with van der Waals surface area (Å²) in [6.45, 7) is 6.64. The third kappa shape index (κ3) is 85.5. The Hall–Kier alpha value is -24.5. The van der Waals surface area contributed by atoms with Crippen molar-refractivity contribution in [2.24, 2.45) is 0 Å². The molecule has 0 aromatic carbocycles. The Balaban J connectivity index is 4.64. The molecule has 0 atom stereocenters. The third-order valence-corrected chi connectivity index (χ3v) is 6.86. The minimum atomic E-state index is 2.37. The van der Waals surface area contributed by atoms with E-state index in [0.717, 1.165) is 0 Å². The maximum Gasteiger partial charge on any atom is 0 e. The summed E-state index contributed by atoms with van der Waals surface area (Å²) in [5, 5.41) is 0. The van der Waals surface area contributed by atoms with E-state index in [1.807, 2.05) is 0 Å². The number of hydrogen-bond acceptors (Lipinski definition) is 0. The zero-order valence-corrected chi connectivity index (χ0v) is 56.4. The molecule has 0 rings (SSSR count). The standard InChI is InChI=1S/C112H4/c1-3-5-7-9-11-13-15-17-19-21-23-25-27-29-31-33-35-37-39-41-43-45-47-49-51-53-55-57-59-61-63-65-67-69-71-73-75-77-79-81-83-85-87-89-91-93-95-97-99-101-103-105-107-109-111-112-110-108-106-104-102-100-98-96-94-92-90-88-86-84-82-80-78-76-74-72-70-68-66-64-62-60-58-56-54-52-50-48-46-44-42-40-38-36-34-32-30-28-26-24-22-20-18-16-14-12-10-8-6-4-2/h1-2H2/q-2. The minimum absolute atomic E-state index is 2.37. The largest absolute Gasteiger partial charge is 0.284 e. The fraction of sp³-hybridized carbons (Fsp3) is 0. The Bertz CT molecular complexity index is 7450. The third-order valence-electron chi connectivity index (χ3n) is 6.86. The number of rotatable bonds is 0. The van der Waals surface area contributed by atoms with Crippen LogP contribution < -0.4 is 0 Å². The van der Waals surface area contributed by atoms with E-state index in [-0.39, 0.29) is 0 Å². The molecular weight excluding hydrogens is 1350 g/mol. The highest BCUT2D eigenvalue weighted by Gasteiger charge is 1.68. The van der Waals surface area contributed by atoms with E-state index in [4.69, 9.17) is 0 Å². The lowest BCUT2D eigenvalue weighted by Crippen LogP contribution is -1.57. The Morgan fingerprint density at radius 3 is 0.0982 bits per heavy atom. The van der Waals surface area contributed by atoms with Crippen LogP contribution in [0.5, 0.6) is 0 Å². The zero-order valence-electron chi connectivity index (χ0n) is 56.4. The van der Waals surface area contributed by atoms with Gasteiger partial charge in [-0.25, -0.2) is 11.8 Å². The van der Waals surface area contributed by atoms with E-state index in [0.29, 0.717) is 0 Å². The molecule has 454 valence electrons. The van der Waals surface area contributed by atoms with Crippen molar-refractivity contribution in [1.29, 1.82) is 0 Å². The second-order valence-electron chi connectivity index (χ2n) is 13.9. The summed E-state index contributed by atoms with van der Waals surface area (Å²) in [7, 11) is 0. The lowest BCUT2D eigenvalue weighted by Gasteiger charge is -1.64. The SMILES string of the molecule is [CH2-]C#CC#CC#CC#CC#CC#CC#CC#CC#CC#CC#CC#CC#CC#CC#CC#CC#CC#CC#CC#CC#CC#CC#CC#CC#CC#CC#CC#CC#CC#CC#CC#CC#CC#CC#CC#CC#CC#CC#CC#CC#CC#CC#CC#CC#CC#CC#CC#CC#CC#CC#CC#CC#CC#CC#C[CH2-]. The van der Waals surface area contributed by atoms with Crippen LogP contribution in [0.2, 0.25) is 0 Å². The summed E-state index contributed by atoms with van der Waals surface area (Å²) in [4.78, 5) is 0. The molecule has 0 amide bonds. The average molecular weight is 1350 g/mol. The van der Waals surface area contributed by atoms with Crippen molar-refractivity contribution < 1.29 is 0 Å². The molecular formula is C112H4-2. The molecule has 0 unspecified atom stereocenters. The first kappa shape index (κ1) is 87.5. The van der Waals surface area contributed by atoms with Gasteiger partial charge in [0, 0.05) is 521 Å². The molecule has 0 radical (unpaired) electrons. The van der Waals surface area contributed by atoms with Gasteiger partial charge in [-0.2, -0.15) is 13.8 Å². The van der Waals surface area contributed by atoms with Gasteiger partial charge in [0.1, 0.15) is 0 Å². The maximum atomic E-state index is 3.32. The molecule has 0 aromatic heterocycles. The van der Waals surface area contributed by atoms with Gasteiger partial charge in [-0.05, 0) is 94.7 Å². The van der Waals surface area contributed by atoms with Crippen LogP contribution >= 0.6 is 0 Å². The van der Waals surface area contributed by atoms with Crippen molar-refractivity contribution in [2.45, 2.75) is 0 Å². The summed E-state index contributed by atoms with van der Waals surface area (Å²) >= 11 is 0. The predicted molar refractivity (Wildman–Crippen MR) is 438 cm³/mol. The van der Waals surface area contributed by atoms with Gasteiger partial charge in [-0.1, -0.05) is 0 Å². The number of hydrogen-bond donors (Lipinski definition) is 0. The van der Waals surface area contributed by atoms with Crippen molar-refractivity contribution in [3.8, 4) is 651 Å². The first-order valence-corrected chi connectivity index (χ1v) is 28.0. The molecule has 0 saturated carbocycles. The predicted octanol–water partition coefficient (Wildman–Crippen LogP) is 0.842. The molecule has 0 fully saturated rings. The summed E-state index contributed by atoms with van der Waals surface area (Å²) < 4.78 is 0. The Morgan fingerprint density at radius 2 is 0.0714 bits per heavy atom. The van der Waals surface area contributed by atoms with Crippen LogP contribution in [-0.2, 0) is 0 Å². The van der Waals surface area contributed by atoms with Crippen LogP contribution in [0.25, 0.3) is 0 Å². The second kappa shape index (κ2) is 86.5. The van der Waals surface area contributed by atoms with Gasteiger partial charge < -0.3 is 0 Å². The summed E-state index contributed by atoms with van der Waals surface area (Å²) in [6, 6.07) is 0. The molecule has 0 saturated heterocycles. The first-order valence-electron chi connectivity index (χ1n) is 28.0. The highest BCUT2D eigenvalue weighted by atomic mass is 13.7. The highest BCUT2D eigenvalue weighted by Crippen LogP contribution is 1.68. The van der Waals surface area contributed by atoms with Gasteiger partial charge in [0.15, 0.2) is 0 Å². The molecule has 112 heavy (non-hydrogen) atoms. The van der Waals surface area contributed by atoms with Crippen LogP contribution in [0.3, 0.4) is 0 Å². The average Bonchev–Trinajstić information content (AvgIpc) is 3.05. The summed E-state index contributed by atoms with van der Waals surface area (Å²) in [5.74, 6) is 274. The van der Waals surface area contributed by atoms with Crippen molar-refractivity contribution in [2.75, 3.05) is 0 Å². The van der Waals surface area contributed by atoms with Crippen LogP contribution in [0.15, 0.2) is 0 Å². The second-order valence-corrected chi connectivity index (χ2v) is 13.9. The van der Waals surface area contributed by atoms with Crippen molar-refractivity contribution in [3.05, 3.63) is 13.8 Å². The molecule has 0 aliphatic rings. The quantitative estimate of drug-likeness (QED) is 0.250. The normalized spacial score (nSPS) is 3.96. The van der Waals surface area contributed by atoms with Crippen molar-refractivity contribution in [1.82, 2.24) is 0 Å². The smallest absolute Gasteiger partial charge is 0 e. The molecule has 0 spiro atoms. The van der Waals surface area contributed by atoms with Gasteiger partial charge in [0.2, 0.25) is 0 Å². The highest BCUT2D eigenvalue weighted by molar-refractivity contribution is 5.57. The Kier molecular flexibility index (Phi) is 67.6. The molecule has 0 N–H and O–H groups in total. The van der Waals surface area contributed by atoms with E-state index >= 15 is 0 Å². The molecule has 0 heteroatoms. The lowest BCUT2D eigenvalue weighted by atomic mass is 10.4. The van der Waals surface area contributed by atoms with Gasteiger partial charge in [0.05, 0.1) is 0 Å². The summed E-state index contributed by atoms with van der Waals surface area (Å²) in [5.41, 5.74) is 0. The van der Waals surface area contributed by atoms with Crippen LogP contribution in [-0.4, -0.2) is 0 Å². The van der Waals surface area contributed by atoms with Crippen molar-refractivity contribution >= 4 is 0 Å². The van der Waals surface area contributed by atoms with Crippen LogP contribution in [0, 0.1) is 665 Å². The van der Waals surface area contributed by atoms with Gasteiger partial charge >= 0.3 is 0 Å². The van der Waals surface area contributed by atoms with Gasteiger partial charge in [-0.3, -0.25) is 11.8 Å². The summed E-state index contributed by atoms with van der Waals surface area (Å²) in [6.07, 6.45) is 0. The Labute approximate surface area is 660 Å². The van der Waals surface area contributed by atoms with E-state index in [1.165, 1.54) is 0 Å². The monoisotopic (exact) mass is 1350 g/mol. The van der Waals surface area contributed by atoms with Gasteiger partial charge in [-0.15, -0.1) is 11.8 Å². The van der Waals surface area contributed by atoms with E-state index in [1.54, 1.807) is 0 Å². The molecule has 0 aliphatic heterocycles. The molecule has 0 nitrogen and oxygen atoms in total. The first-order chi connectivity index (χ1) is 55.9. The van der Waals surface area contributed by atoms with Gasteiger partial charge in [0.25, 0.3) is 0 Å².